The number of hydrogen-bond donors (Lipinski definition) is 0. The third kappa shape index (κ3) is 1.86. The lowest BCUT2D eigenvalue weighted by molar-refractivity contribution is 0.0438. The van der Waals surface area contributed by atoms with Crippen LogP contribution in [-0.4, -0.2) is 26.7 Å². The fourth-order valence-corrected chi connectivity index (χ4v) is 1.21. The standard InChI is InChI=1S/C11H9N3O2/c1-3-8(2)16-11(15)9-4-5-10-13-12-7-14(10)6-9/h1,4-8H,2H3. The van der Waals surface area contributed by atoms with Gasteiger partial charge in [0.1, 0.15) is 6.33 Å². The largest absolute Gasteiger partial charge is 0.446 e. The van der Waals surface area contributed by atoms with Gasteiger partial charge in [0.2, 0.25) is 0 Å². The van der Waals surface area contributed by atoms with E-state index >= 15 is 0 Å². The van der Waals surface area contributed by atoms with Crippen LogP contribution in [0.15, 0.2) is 24.7 Å². The van der Waals surface area contributed by atoms with Crippen LogP contribution in [0.25, 0.3) is 5.65 Å². The number of fused-ring (bicyclic) bond motifs is 1. The molecule has 2 heterocycles. The van der Waals surface area contributed by atoms with Crippen LogP contribution in [0, 0.1) is 12.3 Å². The van der Waals surface area contributed by atoms with Gasteiger partial charge in [0.25, 0.3) is 0 Å². The fraction of sp³-hybridized carbons (Fsp3) is 0.182. The maximum Gasteiger partial charge on any atom is 0.340 e. The van der Waals surface area contributed by atoms with Gasteiger partial charge in [-0.15, -0.1) is 16.6 Å². The zero-order valence-corrected chi connectivity index (χ0v) is 8.62. The highest BCUT2D eigenvalue weighted by Gasteiger charge is 2.11. The Balaban J connectivity index is 2.26. The molecule has 2 aromatic heterocycles. The minimum atomic E-state index is -0.538. The van der Waals surface area contributed by atoms with Crippen LogP contribution in [0.2, 0.25) is 0 Å². The van der Waals surface area contributed by atoms with E-state index in [2.05, 4.69) is 16.1 Å². The first-order valence-corrected chi connectivity index (χ1v) is 4.67. The molecule has 0 aliphatic heterocycles. The molecule has 0 N–H and O–H groups in total. The molecular formula is C11H9N3O2. The number of terminal acetylenes is 1. The Morgan fingerprint density at radius 3 is 3.19 bits per heavy atom. The lowest BCUT2D eigenvalue weighted by Gasteiger charge is -2.06. The Kier molecular flexibility index (Phi) is 2.56. The van der Waals surface area contributed by atoms with Crippen LogP contribution in [-0.2, 0) is 4.74 Å². The number of pyridine rings is 1. The lowest BCUT2D eigenvalue weighted by Crippen LogP contribution is -2.13. The van der Waals surface area contributed by atoms with E-state index in [9.17, 15) is 4.79 Å². The van der Waals surface area contributed by atoms with Crippen molar-refractivity contribution in [1.29, 1.82) is 0 Å². The van der Waals surface area contributed by atoms with E-state index < -0.39 is 12.1 Å². The number of rotatable bonds is 2. The molecule has 0 aliphatic carbocycles. The molecule has 5 nitrogen and oxygen atoms in total. The van der Waals surface area contributed by atoms with Gasteiger partial charge in [-0.25, -0.2) is 4.79 Å². The highest BCUT2D eigenvalue weighted by molar-refractivity contribution is 5.89. The molecule has 5 heteroatoms. The lowest BCUT2D eigenvalue weighted by atomic mass is 10.3. The Hall–Kier alpha value is -2.35. The molecule has 0 spiro atoms. The number of nitrogens with zero attached hydrogens (tertiary/aromatic N) is 3. The molecule has 16 heavy (non-hydrogen) atoms. The molecule has 0 fully saturated rings. The zero-order valence-electron chi connectivity index (χ0n) is 8.62. The molecule has 2 aromatic rings. The van der Waals surface area contributed by atoms with Gasteiger partial charge in [0.05, 0.1) is 5.56 Å². The molecule has 0 radical (unpaired) electrons. The third-order valence-corrected chi connectivity index (χ3v) is 2.05. The van der Waals surface area contributed by atoms with E-state index in [4.69, 9.17) is 11.2 Å². The highest BCUT2D eigenvalue weighted by atomic mass is 16.5. The molecule has 0 saturated carbocycles. The van der Waals surface area contributed by atoms with Gasteiger partial charge in [0.15, 0.2) is 11.8 Å². The molecule has 2 rings (SSSR count). The van der Waals surface area contributed by atoms with Crippen molar-refractivity contribution in [3.63, 3.8) is 0 Å². The summed E-state index contributed by atoms with van der Waals surface area (Å²) in [6.45, 7) is 1.63. The molecule has 0 aliphatic rings. The maximum atomic E-state index is 11.6. The summed E-state index contributed by atoms with van der Waals surface area (Å²) in [5.74, 6) is 1.87. The van der Waals surface area contributed by atoms with Crippen LogP contribution in [0.1, 0.15) is 17.3 Å². The summed E-state index contributed by atoms with van der Waals surface area (Å²) >= 11 is 0. The average Bonchev–Trinajstić information content (AvgIpc) is 2.75. The van der Waals surface area contributed by atoms with Gasteiger partial charge < -0.3 is 4.74 Å². The first-order valence-electron chi connectivity index (χ1n) is 4.67. The Morgan fingerprint density at radius 1 is 1.62 bits per heavy atom. The van der Waals surface area contributed by atoms with E-state index in [-0.39, 0.29) is 0 Å². The van der Waals surface area contributed by atoms with Crippen molar-refractivity contribution in [2.24, 2.45) is 0 Å². The molecule has 0 saturated heterocycles. The predicted molar refractivity (Wildman–Crippen MR) is 56.7 cm³/mol. The Bertz CT molecular complexity index is 568. The van der Waals surface area contributed by atoms with E-state index in [1.807, 2.05) is 0 Å². The molecule has 0 aromatic carbocycles. The van der Waals surface area contributed by atoms with Crippen LogP contribution in [0.5, 0.6) is 0 Å². The number of hydrogen-bond acceptors (Lipinski definition) is 4. The van der Waals surface area contributed by atoms with Gasteiger partial charge in [-0.2, -0.15) is 0 Å². The summed E-state index contributed by atoms with van der Waals surface area (Å²) in [7, 11) is 0. The molecule has 0 bridgehead atoms. The van der Waals surface area contributed by atoms with Crippen molar-refractivity contribution in [3.8, 4) is 12.3 Å². The monoisotopic (exact) mass is 215 g/mol. The van der Waals surface area contributed by atoms with Crippen molar-refractivity contribution < 1.29 is 9.53 Å². The second kappa shape index (κ2) is 4.03. The smallest absolute Gasteiger partial charge is 0.340 e. The van der Waals surface area contributed by atoms with Crippen molar-refractivity contribution in [2.45, 2.75) is 13.0 Å². The maximum absolute atomic E-state index is 11.6. The van der Waals surface area contributed by atoms with Crippen LogP contribution < -0.4 is 0 Å². The number of carbonyl (C=O) groups excluding carboxylic acids is 1. The van der Waals surface area contributed by atoms with E-state index in [1.165, 1.54) is 6.33 Å². The molecule has 1 unspecified atom stereocenters. The van der Waals surface area contributed by atoms with E-state index in [0.29, 0.717) is 11.2 Å². The van der Waals surface area contributed by atoms with Crippen LogP contribution in [0.4, 0.5) is 0 Å². The van der Waals surface area contributed by atoms with Crippen LogP contribution >= 0.6 is 0 Å². The summed E-state index contributed by atoms with van der Waals surface area (Å²) in [5, 5.41) is 7.53. The molecule has 1 atom stereocenters. The van der Waals surface area contributed by atoms with Crippen molar-refractivity contribution in [3.05, 3.63) is 30.2 Å². The second-order valence-corrected chi connectivity index (χ2v) is 3.23. The minimum Gasteiger partial charge on any atom is -0.446 e. The first-order chi connectivity index (χ1) is 7.70. The topological polar surface area (TPSA) is 56.5 Å². The number of ether oxygens (including phenoxy) is 1. The Morgan fingerprint density at radius 2 is 2.44 bits per heavy atom. The second-order valence-electron chi connectivity index (χ2n) is 3.23. The number of aromatic nitrogens is 3. The normalized spacial score (nSPS) is 12.0. The van der Waals surface area contributed by atoms with Gasteiger partial charge in [-0.3, -0.25) is 4.40 Å². The molecule has 80 valence electrons. The quantitative estimate of drug-likeness (QED) is 0.552. The number of carbonyl (C=O) groups is 1. The summed E-state index contributed by atoms with van der Waals surface area (Å²) in [5.41, 5.74) is 1.08. The summed E-state index contributed by atoms with van der Waals surface area (Å²) in [6.07, 6.45) is 7.69. The van der Waals surface area contributed by atoms with Gasteiger partial charge in [-0.05, 0) is 19.1 Å². The fourth-order valence-electron chi connectivity index (χ4n) is 1.21. The minimum absolute atomic E-state index is 0.411. The SMILES string of the molecule is C#CC(C)OC(=O)c1ccc2nncn2c1. The zero-order chi connectivity index (χ0) is 11.5. The third-order valence-electron chi connectivity index (χ3n) is 2.05. The van der Waals surface area contributed by atoms with Crippen molar-refractivity contribution in [1.82, 2.24) is 14.6 Å². The molecular weight excluding hydrogens is 206 g/mol. The summed E-state index contributed by atoms with van der Waals surface area (Å²) in [4.78, 5) is 11.6. The van der Waals surface area contributed by atoms with Gasteiger partial charge in [0, 0.05) is 6.20 Å². The van der Waals surface area contributed by atoms with Crippen molar-refractivity contribution in [2.75, 3.05) is 0 Å². The Labute approximate surface area is 92.1 Å². The van der Waals surface area contributed by atoms with Gasteiger partial charge in [-0.1, -0.05) is 5.92 Å². The van der Waals surface area contributed by atoms with E-state index in [0.717, 1.165) is 0 Å². The summed E-state index contributed by atoms with van der Waals surface area (Å²) in [6, 6.07) is 3.31. The molecule has 0 amide bonds. The summed E-state index contributed by atoms with van der Waals surface area (Å²) < 4.78 is 6.62. The average molecular weight is 215 g/mol. The number of esters is 1. The first kappa shape index (κ1) is 10.2. The van der Waals surface area contributed by atoms with E-state index in [1.54, 1.807) is 29.7 Å². The predicted octanol–water partition coefficient (Wildman–Crippen LogP) is 0.908. The van der Waals surface area contributed by atoms with Crippen LogP contribution in [0.3, 0.4) is 0 Å². The highest BCUT2D eigenvalue weighted by Crippen LogP contribution is 2.06. The van der Waals surface area contributed by atoms with Crippen molar-refractivity contribution >= 4 is 11.6 Å². The van der Waals surface area contributed by atoms with Gasteiger partial charge >= 0.3 is 5.97 Å².